The minimum absolute atomic E-state index is 0.0372. The fourth-order valence-electron chi connectivity index (χ4n) is 2.44. The Morgan fingerprint density at radius 1 is 1.48 bits per heavy atom. The van der Waals surface area contributed by atoms with Crippen molar-refractivity contribution in [3.63, 3.8) is 0 Å². The van der Waals surface area contributed by atoms with Gasteiger partial charge in [0.05, 0.1) is 17.5 Å². The zero-order chi connectivity index (χ0) is 16.1. The summed E-state index contributed by atoms with van der Waals surface area (Å²) < 4.78 is 7.15. The van der Waals surface area contributed by atoms with Crippen LogP contribution in [0, 0.1) is 6.92 Å². The number of carbonyl (C=O) groups excluding carboxylic acids is 1. The van der Waals surface area contributed by atoms with E-state index in [0.29, 0.717) is 11.7 Å². The average Bonchev–Trinajstić information content (AvgIpc) is 3.23. The summed E-state index contributed by atoms with van der Waals surface area (Å²) in [4.78, 5) is 11.9. The first-order chi connectivity index (χ1) is 11.2. The van der Waals surface area contributed by atoms with E-state index in [2.05, 4.69) is 20.8 Å². The molecule has 0 aliphatic carbocycles. The maximum Gasteiger partial charge on any atom is 0.230 e. The van der Waals surface area contributed by atoms with E-state index in [1.165, 1.54) is 11.8 Å². The van der Waals surface area contributed by atoms with Crippen molar-refractivity contribution in [3.05, 3.63) is 29.8 Å². The molecule has 1 aromatic heterocycles. The summed E-state index contributed by atoms with van der Waals surface area (Å²) in [5, 5.41) is 15.2. The number of tetrazole rings is 1. The van der Waals surface area contributed by atoms with Gasteiger partial charge >= 0.3 is 0 Å². The van der Waals surface area contributed by atoms with Crippen LogP contribution in [0.5, 0.6) is 0 Å². The van der Waals surface area contributed by atoms with E-state index >= 15 is 0 Å². The fourth-order valence-corrected chi connectivity index (χ4v) is 3.15. The summed E-state index contributed by atoms with van der Waals surface area (Å²) in [6, 6.07) is 7.86. The summed E-state index contributed by atoms with van der Waals surface area (Å²) in [5.74, 6) is 0.240. The van der Waals surface area contributed by atoms with Crippen LogP contribution in [0.2, 0.25) is 0 Å². The normalized spacial score (nSPS) is 17.3. The van der Waals surface area contributed by atoms with Gasteiger partial charge in [-0.05, 0) is 41.8 Å². The van der Waals surface area contributed by atoms with Crippen LogP contribution in [0.25, 0.3) is 5.69 Å². The first-order valence-corrected chi connectivity index (χ1v) is 8.58. The predicted octanol–water partition coefficient (Wildman–Crippen LogP) is 1.36. The summed E-state index contributed by atoms with van der Waals surface area (Å²) in [6.45, 7) is 3.36. The van der Waals surface area contributed by atoms with E-state index in [1.807, 2.05) is 31.2 Å². The van der Waals surface area contributed by atoms with E-state index in [4.69, 9.17) is 4.74 Å². The minimum atomic E-state index is -0.0372. The Kier molecular flexibility index (Phi) is 5.24. The topological polar surface area (TPSA) is 81.9 Å². The number of ether oxygens (including phenoxy) is 1. The number of hydrogen-bond acceptors (Lipinski definition) is 6. The lowest BCUT2D eigenvalue weighted by Crippen LogP contribution is -2.32. The van der Waals surface area contributed by atoms with Crippen LogP contribution >= 0.6 is 11.8 Å². The molecule has 23 heavy (non-hydrogen) atoms. The highest BCUT2D eigenvalue weighted by atomic mass is 32.2. The van der Waals surface area contributed by atoms with Crippen LogP contribution in [-0.4, -0.2) is 51.1 Å². The lowest BCUT2D eigenvalue weighted by molar-refractivity contribution is -0.119. The first kappa shape index (κ1) is 15.9. The molecule has 122 valence electrons. The van der Waals surface area contributed by atoms with Crippen molar-refractivity contribution in [3.8, 4) is 5.69 Å². The number of rotatable bonds is 6. The first-order valence-electron chi connectivity index (χ1n) is 7.59. The van der Waals surface area contributed by atoms with Crippen molar-refractivity contribution in [2.45, 2.75) is 31.0 Å². The lowest BCUT2D eigenvalue weighted by Gasteiger charge is -2.10. The third kappa shape index (κ3) is 4.08. The van der Waals surface area contributed by atoms with Gasteiger partial charge in [-0.3, -0.25) is 4.79 Å². The van der Waals surface area contributed by atoms with Crippen molar-refractivity contribution in [2.24, 2.45) is 0 Å². The van der Waals surface area contributed by atoms with Gasteiger partial charge in [0.15, 0.2) is 0 Å². The van der Waals surface area contributed by atoms with Crippen LogP contribution in [0.1, 0.15) is 18.4 Å². The molecule has 1 saturated heterocycles. The van der Waals surface area contributed by atoms with Crippen molar-refractivity contribution >= 4 is 17.7 Å². The molecule has 1 atom stereocenters. The number of thioether (sulfide) groups is 1. The van der Waals surface area contributed by atoms with E-state index in [1.54, 1.807) is 4.68 Å². The maximum absolute atomic E-state index is 11.9. The smallest absolute Gasteiger partial charge is 0.230 e. The molecular formula is C15H19N5O2S. The standard InChI is InChI=1S/C15H19N5O2S/c1-11-5-2-3-7-13(11)20-15(17-18-19-20)23-10-14(21)16-9-12-6-4-8-22-12/h2-3,5,7,12H,4,6,8-10H2,1H3,(H,16,21)/t12-/m0/s1. The van der Waals surface area contributed by atoms with Crippen LogP contribution in [-0.2, 0) is 9.53 Å². The molecule has 0 unspecified atom stereocenters. The molecule has 1 aliphatic heterocycles. The number of nitrogens with one attached hydrogen (secondary N) is 1. The number of amides is 1. The molecule has 8 heteroatoms. The molecule has 2 heterocycles. The van der Waals surface area contributed by atoms with Gasteiger partial charge in [0.1, 0.15) is 0 Å². The quantitative estimate of drug-likeness (QED) is 0.804. The monoisotopic (exact) mass is 333 g/mol. The zero-order valence-corrected chi connectivity index (χ0v) is 13.8. The summed E-state index contributed by atoms with van der Waals surface area (Å²) in [5.41, 5.74) is 1.99. The largest absolute Gasteiger partial charge is 0.376 e. The molecule has 1 fully saturated rings. The van der Waals surface area contributed by atoms with Crippen LogP contribution in [0.4, 0.5) is 0 Å². The Bertz CT molecular complexity index is 669. The summed E-state index contributed by atoms with van der Waals surface area (Å²) in [7, 11) is 0. The van der Waals surface area contributed by atoms with Crippen molar-refractivity contribution in [2.75, 3.05) is 18.9 Å². The van der Waals surface area contributed by atoms with E-state index < -0.39 is 0 Å². The Balaban J connectivity index is 1.55. The number of para-hydroxylation sites is 1. The predicted molar refractivity (Wildman–Crippen MR) is 86.6 cm³/mol. The summed E-state index contributed by atoms with van der Waals surface area (Å²) in [6.07, 6.45) is 2.24. The van der Waals surface area contributed by atoms with Gasteiger partial charge in [0.2, 0.25) is 11.1 Å². The van der Waals surface area contributed by atoms with Gasteiger partial charge in [0.25, 0.3) is 0 Å². The Labute approximate surface area is 138 Å². The highest BCUT2D eigenvalue weighted by Crippen LogP contribution is 2.20. The Morgan fingerprint density at radius 3 is 3.13 bits per heavy atom. The van der Waals surface area contributed by atoms with E-state index in [9.17, 15) is 4.79 Å². The van der Waals surface area contributed by atoms with E-state index in [0.717, 1.165) is 30.7 Å². The molecule has 1 N–H and O–H groups in total. The molecule has 1 aliphatic rings. The molecule has 0 spiro atoms. The van der Waals surface area contributed by atoms with Gasteiger partial charge in [-0.25, -0.2) is 0 Å². The average molecular weight is 333 g/mol. The van der Waals surface area contributed by atoms with Gasteiger partial charge in [-0.1, -0.05) is 30.0 Å². The Morgan fingerprint density at radius 2 is 2.35 bits per heavy atom. The second-order valence-corrected chi connectivity index (χ2v) is 6.33. The highest BCUT2D eigenvalue weighted by molar-refractivity contribution is 7.99. The molecule has 0 saturated carbocycles. The number of nitrogens with zero attached hydrogens (tertiary/aromatic N) is 4. The van der Waals surface area contributed by atoms with Gasteiger partial charge < -0.3 is 10.1 Å². The molecule has 1 aromatic carbocycles. The third-order valence-electron chi connectivity index (χ3n) is 3.67. The minimum Gasteiger partial charge on any atom is -0.376 e. The molecule has 0 bridgehead atoms. The second-order valence-electron chi connectivity index (χ2n) is 5.39. The van der Waals surface area contributed by atoms with Crippen LogP contribution < -0.4 is 5.32 Å². The fraction of sp³-hybridized carbons (Fsp3) is 0.467. The lowest BCUT2D eigenvalue weighted by atomic mass is 10.2. The van der Waals surface area contributed by atoms with Crippen molar-refractivity contribution < 1.29 is 9.53 Å². The molecule has 3 rings (SSSR count). The Hall–Kier alpha value is -1.93. The second kappa shape index (κ2) is 7.56. The number of aromatic nitrogens is 4. The third-order valence-corrected chi connectivity index (χ3v) is 4.59. The zero-order valence-electron chi connectivity index (χ0n) is 12.9. The number of carbonyl (C=O) groups is 1. The van der Waals surface area contributed by atoms with Crippen molar-refractivity contribution in [1.29, 1.82) is 0 Å². The number of benzene rings is 1. The van der Waals surface area contributed by atoms with Crippen LogP contribution in [0.3, 0.4) is 0 Å². The maximum atomic E-state index is 11.9. The van der Waals surface area contributed by atoms with Crippen molar-refractivity contribution in [1.82, 2.24) is 25.5 Å². The van der Waals surface area contributed by atoms with Gasteiger partial charge in [0, 0.05) is 13.2 Å². The molecular weight excluding hydrogens is 314 g/mol. The molecule has 2 aromatic rings. The van der Waals surface area contributed by atoms with Crippen LogP contribution in [0.15, 0.2) is 29.4 Å². The van der Waals surface area contributed by atoms with E-state index in [-0.39, 0.29) is 17.8 Å². The molecule has 7 nitrogen and oxygen atoms in total. The SMILES string of the molecule is Cc1ccccc1-n1nnnc1SCC(=O)NC[C@@H]1CCCO1. The van der Waals surface area contributed by atoms with Gasteiger partial charge in [-0.2, -0.15) is 4.68 Å². The number of hydrogen-bond donors (Lipinski definition) is 1. The number of aryl methyl sites for hydroxylation is 1. The highest BCUT2D eigenvalue weighted by Gasteiger charge is 2.17. The van der Waals surface area contributed by atoms with Gasteiger partial charge in [-0.15, -0.1) is 5.10 Å². The summed E-state index contributed by atoms with van der Waals surface area (Å²) >= 11 is 1.32. The molecule has 0 radical (unpaired) electrons. The molecule has 1 amide bonds.